The fourth-order valence-corrected chi connectivity index (χ4v) is 2.88. The van der Waals surface area contributed by atoms with Crippen LogP contribution in [0.25, 0.3) is 11.4 Å². The second kappa shape index (κ2) is 8.15. The van der Waals surface area contributed by atoms with Crippen molar-refractivity contribution in [2.24, 2.45) is 0 Å². The fraction of sp³-hybridized carbons (Fsp3) is 0.250. The number of nitrogens with zero attached hydrogens (tertiary/aromatic N) is 3. The largest absolute Gasteiger partial charge is 0.339 e. The lowest BCUT2D eigenvalue weighted by Crippen LogP contribution is -2.38. The second-order valence-corrected chi connectivity index (χ2v) is 6.61. The quantitative estimate of drug-likeness (QED) is 0.642. The molecule has 0 unspecified atom stereocenters. The van der Waals surface area contributed by atoms with Gasteiger partial charge in [-0.3, -0.25) is 4.79 Å². The van der Waals surface area contributed by atoms with Crippen molar-refractivity contribution < 1.29 is 9.32 Å². The zero-order valence-electron chi connectivity index (χ0n) is 14.7. The van der Waals surface area contributed by atoms with Crippen molar-refractivity contribution in [3.8, 4) is 11.4 Å². The molecule has 3 rings (SSSR count). The van der Waals surface area contributed by atoms with Gasteiger partial charge in [0.1, 0.15) is 0 Å². The lowest BCUT2D eigenvalue weighted by molar-refractivity contribution is 0.0704. The highest BCUT2D eigenvalue weighted by Gasteiger charge is 2.21. The predicted octanol–water partition coefficient (Wildman–Crippen LogP) is 4.48. The van der Waals surface area contributed by atoms with Crippen LogP contribution in [0.15, 0.2) is 59.1 Å². The van der Waals surface area contributed by atoms with Crippen LogP contribution < -0.4 is 0 Å². The van der Waals surface area contributed by atoms with Crippen LogP contribution in [0.3, 0.4) is 0 Å². The SMILES string of the molecule is CC(C)N(CCc1nc(-c2ccccc2)no1)C(=O)c1ccccc1Cl. The van der Waals surface area contributed by atoms with Crippen LogP contribution in [-0.2, 0) is 6.42 Å². The number of amides is 1. The Bertz CT molecular complexity index is 878. The molecule has 5 nitrogen and oxygen atoms in total. The van der Waals surface area contributed by atoms with E-state index in [1.54, 1.807) is 17.0 Å². The van der Waals surface area contributed by atoms with Crippen LogP contribution in [0.1, 0.15) is 30.1 Å². The Morgan fingerprint density at radius 2 is 1.81 bits per heavy atom. The van der Waals surface area contributed by atoms with Crippen molar-refractivity contribution >= 4 is 17.5 Å². The fourth-order valence-electron chi connectivity index (χ4n) is 2.66. The van der Waals surface area contributed by atoms with Gasteiger partial charge in [-0.1, -0.05) is 59.2 Å². The summed E-state index contributed by atoms with van der Waals surface area (Å²) in [6.45, 7) is 4.41. The summed E-state index contributed by atoms with van der Waals surface area (Å²) >= 11 is 6.17. The summed E-state index contributed by atoms with van der Waals surface area (Å²) in [4.78, 5) is 19.0. The molecule has 0 bridgehead atoms. The van der Waals surface area contributed by atoms with Gasteiger partial charge in [-0.25, -0.2) is 0 Å². The van der Waals surface area contributed by atoms with Crippen molar-refractivity contribution in [3.05, 3.63) is 71.1 Å². The Kier molecular flexibility index (Phi) is 5.68. The number of carbonyl (C=O) groups is 1. The van der Waals surface area contributed by atoms with Crippen LogP contribution in [0, 0.1) is 0 Å². The van der Waals surface area contributed by atoms with Crippen LogP contribution in [-0.4, -0.2) is 33.5 Å². The van der Waals surface area contributed by atoms with Gasteiger partial charge in [0.15, 0.2) is 0 Å². The van der Waals surface area contributed by atoms with Gasteiger partial charge in [-0.15, -0.1) is 0 Å². The molecule has 0 spiro atoms. The first-order valence-corrected chi connectivity index (χ1v) is 8.87. The van der Waals surface area contributed by atoms with Crippen LogP contribution in [0.5, 0.6) is 0 Å². The second-order valence-electron chi connectivity index (χ2n) is 6.20. The van der Waals surface area contributed by atoms with E-state index in [0.717, 1.165) is 5.56 Å². The predicted molar refractivity (Wildman–Crippen MR) is 101 cm³/mol. The Hall–Kier alpha value is -2.66. The average molecular weight is 370 g/mol. The van der Waals surface area contributed by atoms with Crippen LogP contribution in [0.2, 0.25) is 5.02 Å². The molecule has 0 aliphatic rings. The number of halogens is 1. The summed E-state index contributed by atoms with van der Waals surface area (Å²) < 4.78 is 5.33. The van der Waals surface area contributed by atoms with Crippen molar-refractivity contribution in [1.29, 1.82) is 0 Å². The molecule has 1 heterocycles. The van der Waals surface area contributed by atoms with E-state index in [9.17, 15) is 4.79 Å². The van der Waals surface area contributed by atoms with Crippen LogP contribution >= 0.6 is 11.6 Å². The van der Waals surface area contributed by atoms with Crippen molar-refractivity contribution in [2.75, 3.05) is 6.54 Å². The van der Waals surface area contributed by atoms with E-state index >= 15 is 0 Å². The minimum atomic E-state index is -0.103. The standard InChI is InChI=1S/C20H20ClN3O2/c1-14(2)24(20(25)16-10-6-7-11-17(16)21)13-12-18-22-19(23-26-18)15-8-4-3-5-9-15/h3-11,14H,12-13H2,1-2H3. The van der Waals surface area contributed by atoms with Gasteiger partial charge in [-0.05, 0) is 26.0 Å². The number of carbonyl (C=O) groups excluding carboxylic acids is 1. The third-order valence-electron chi connectivity index (χ3n) is 4.06. The summed E-state index contributed by atoms with van der Waals surface area (Å²) in [6, 6.07) is 16.7. The molecule has 0 radical (unpaired) electrons. The normalized spacial score (nSPS) is 10.9. The summed E-state index contributed by atoms with van der Waals surface area (Å²) in [5.74, 6) is 0.948. The first-order valence-electron chi connectivity index (χ1n) is 8.49. The van der Waals surface area contributed by atoms with Gasteiger partial charge in [0.05, 0.1) is 10.6 Å². The molecule has 0 saturated heterocycles. The molecule has 134 valence electrons. The number of hydrogen-bond acceptors (Lipinski definition) is 4. The van der Waals surface area contributed by atoms with Crippen LogP contribution in [0.4, 0.5) is 0 Å². The summed E-state index contributed by atoms with van der Waals surface area (Å²) in [5, 5.41) is 4.47. The number of benzene rings is 2. The van der Waals surface area contributed by atoms with Gasteiger partial charge in [0.2, 0.25) is 11.7 Å². The van der Waals surface area contributed by atoms with Crippen molar-refractivity contribution in [3.63, 3.8) is 0 Å². The van der Waals surface area contributed by atoms with E-state index in [1.807, 2.05) is 56.3 Å². The van der Waals surface area contributed by atoms with Crippen molar-refractivity contribution in [2.45, 2.75) is 26.3 Å². The molecular weight excluding hydrogens is 350 g/mol. The summed E-state index contributed by atoms with van der Waals surface area (Å²) in [7, 11) is 0. The first kappa shape index (κ1) is 18.1. The molecule has 0 atom stereocenters. The summed E-state index contributed by atoms with van der Waals surface area (Å²) in [5.41, 5.74) is 1.40. The van der Waals surface area contributed by atoms with Gasteiger partial charge < -0.3 is 9.42 Å². The Labute approximate surface area is 157 Å². The van der Waals surface area contributed by atoms with E-state index in [-0.39, 0.29) is 11.9 Å². The molecule has 26 heavy (non-hydrogen) atoms. The molecule has 1 aromatic heterocycles. The number of rotatable bonds is 6. The maximum absolute atomic E-state index is 12.8. The molecule has 0 N–H and O–H groups in total. The highest BCUT2D eigenvalue weighted by molar-refractivity contribution is 6.33. The Morgan fingerprint density at radius 1 is 1.12 bits per heavy atom. The number of aromatic nitrogens is 2. The highest BCUT2D eigenvalue weighted by atomic mass is 35.5. The van der Waals surface area contributed by atoms with Crippen molar-refractivity contribution in [1.82, 2.24) is 15.0 Å². The first-order chi connectivity index (χ1) is 12.6. The zero-order valence-corrected chi connectivity index (χ0v) is 15.5. The molecule has 0 saturated carbocycles. The van der Waals surface area contributed by atoms with Gasteiger partial charge in [0, 0.05) is 24.6 Å². The topological polar surface area (TPSA) is 59.2 Å². The molecule has 6 heteroatoms. The minimum absolute atomic E-state index is 0.0234. The summed E-state index contributed by atoms with van der Waals surface area (Å²) in [6.07, 6.45) is 0.480. The van der Waals surface area contributed by atoms with Gasteiger partial charge >= 0.3 is 0 Å². The maximum atomic E-state index is 12.8. The molecular formula is C20H20ClN3O2. The van der Waals surface area contributed by atoms with E-state index in [0.29, 0.717) is 35.3 Å². The highest BCUT2D eigenvalue weighted by Crippen LogP contribution is 2.19. The molecule has 1 amide bonds. The molecule has 3 aromatic rings. The molecule has 0 fully saturated rings. The van der Waals surface area contributed by atoms with E-state index in [1.165, 1.54) is 0 Å². The van der Waals surface area contributed by atoms with Gasteiger partial charge in [-0.2, -0.15) is 4.98 Å². The molecule has 2 aromatic carbocycles. The Balaban J connectivity index is 1.71. The zero-order chi connectivity index (χ0) is 18.5. The molecule has 0 aliphatic heterocycles. The lowest BCUT2D eigenvalue weighted by Gasteiger charge is -2.26. The number of hydrogen-bond donors (Lipinski definition) is 0. The van der Waals surface area contributed by atoms with Gasteiger partial charge in [0.25, 0.3) is 5.91 Å². The maximum Gasteiger partial charge on any atom is 0.255 e. The van der Waals surface area contributed by atoms with E-state index in [4.69, 9.17) is 16.1 Å². The minimum Gasteiger partial charge on any atom is -0.339 e. The third-order valence-corrected chi connectivity index (χ3v) is 4.38. The smallest absolute Gasteiger partial charge is 0.255 e. The van der Waals surface area contributed by atoms with E-state index in [2.05, 4.69) is 10.1 Å². The Morgan fingerprint density at radius 3 is 2.50 bits per heavy atom. The van der Waals surface area contributed by atoms with E-state index < -0.39 is 0 Å². The lowest BCUT2D eigenvalue weighted by atomic mass is 10.1. The monoisotopic (exact) mass is 369 g/mol. The molecule has 0 aliphatic carbocycles. The third kappa shape index (κ3) is 4.11. The average Bonchev–Trinajstić information content (AvgIpc) is 3.11.